The first-order valence-corrected chi connectivity index (χ1v) is 10.1. The molecular weight excluding hydrogens is 368 g/mol. The summed E-state index contributed by atoms with van der Waals surface area (Å²) in [5, 5.41) is 9.28. The highest BCUT2D eigenvalue weighted by molar-refractivity contribution is 7.89. The zero-order valence-electron chi connectivity index (χ0n) is 15.2. The molecule has 0 spiro atoms. The fraction of sp³-hybridized carbons (Fsp3) is 0.316. The number of phenolic OH excluding ortho intramolecular Hbond substituents is 1. The van der Waals surface area contributed by atoms with Crippen molar-refractivity contribution in [1.29, 1.82) is 0 Å². The number of ether oxygens (including phenoxy) is 1. The van der Waals surface area contributed by atoms with Crippen LogP contribution in [0.2, 0.25) is 0 Å². The lowest BCUT2D eigenvalue weighted by Crippen LogP contribution is -2.41. The van der Waals surface area contributed by atoms with Crippen LogP contribution in [-0.4, -0.2) is 38.6 Å². The Bertz CT molecular complexity index is 941. The number of fused-ring (bicyclic) bond motifs is 1. The van der Waals surface area contributed by atoms with E-state index < -0.39 is 10.0 Å². The van der Waals surface area contributed by atoms with Crippen LogP contribution in [-0.2, 0) is 21.2 Å². The van der Waals surface area contributed by atoms with Crippen LogP contribution in [0.3, 0.4) is 0 Å². The number of anilines is 1. The molecule has 3 rings (SSSR count). The molecular formula is C19H22N2O5S. The predicted molar refractivity (Wildman–Crippen MR) is 102 cm³/mol. The van der Waals surface area contributed by atoms with Crippen molar-refractivity contribution >= 4 is 21.6 Å². The molecule has 0 saturated heterocycles. The summed E-state index contributed by atoms with van der Waals surface area (Å²) in [7, 11) is -3.73. The van der Waals surface area contributed by atoms with Gasteiger partial charge in [0.15, 0.2) is 0 Å². The maximum absolute atomic E-state index is 12.6. The van der Waals surface area contributed by atoms with Gasteiger partial charge in [0.2, 0.25) is 15.9 Å². The van der Waals surface area contributed by atoms with Crippen molar-refractivity contribution in [3.8, 4) is 11.5 Å². The van der Waals surface area contributed by atoms with Crippen molar-refractivity contribution in [1.82, 2.24) is 4.72 Å². The van der Waals surface area contributed by atoms with Crippen molar-refractivity contribution in [3.05, 3.63) is 48.0 Å². The second-order valence-corrected chi connectivity index (χ2v) is 8.27. The van der Waals surface area contributed by atoms with E-state index in [0.717, 1.165) is 5.56 Å². The molecule has 0 saturated carbocycles. The van der Waals surface area contributed by atoms with Crippen molar-refractivity contribution in [2.75, 3.05) is 18.0 Å². The van der Waals surface area contributed by atoms with Gasteiger partial charge in [0.05, 0.1) is 17.1 Å². The number of nitrogens with one attached hydrogen (secondary N) is 1. The number of benzene rings is 2. The van der Waals surface area contributed by atoms with Crippen LogP contribution in [0.15, 0.2) is 47.4 Å². The van der Waals surface area contributed by atoms with Crippen molar-refractivity contribution in [2.24, 2.45) is 0 Å². The maximum Gasteiger partial charge on any atom is 0.240 e. The van der Waals surface area contributed by atoms with Crippen LogP contribution in [0.4, 0.5) is 5.69 Å². The molecule has 1 aliphatic heterocycles. The predicted octanol–water partition coefficient (Wildman–Crippen LogP) is 2.05. The maximum atomic E-state index is 12.6. The van der Waals surface area contributed by atoms with Gasteiger partial charge in [-0.25, -0.2) is 13.1 Å². The molecule has 0 fully saturated rings. The van der Waals surface area contributed by atoms with Crippen molar-refractivity contribution in [3.63, 3.8) is 0 Å². The highest BCUT2D eigenvalue weighted by atomic mass is 32.2. The summed E-state index contributed by atoms with van der Waals surface area (Å²) >= 11 is 0. The average Bonchev–Trinajstić information content (AvgIpc) is 2.62. The van der Waals surface area contributed by atoms with Gasteiger partial charge in [-0.15, -0.1) is 0 Å². The topological polar surface area (TPSA) is 95.9 Å². The van der Waals surface area contributed by atoms with Gasteiger partial charge < -0.3 is 14.7 Å². The average molecular weight is 390 g/mol. The first-order valence-electron chi connectivity index (χ1n) is 8.62. The molecule has 7 nitrogen and oxygen atoms in total. The molecule has 144 valence electrons. The van der Waals surface area contributed by atoms with Crippen LogP contribution in [0.25, 0.3) is 0 Å². The van der Waals surface area contributed by atoms with Gasteiger partial charge in [0.25, 0.3) is 0 Å². The zero-order chi connectivity index (χ0) is 19.6. The van der Waals surface area contributed by atoms with Gasteiger partial charge in [0.1, 0.15) is 17.6 Å². The van der Waals surface area contributed by atoms with E-state index in [0.29, 0.717) is 24.4 Å². The Morgan fingerprint density at radius 2 is 1.96 bits per heavy atom. The molecule has 1 heterocycles. The van der Waals surface area contributed by atoms with Gasteiger partial charge in [0, 0.05) is 13.5 Å². The fourth-order valence-electron chi connectivity index (χ4n) is 2.96. The Morgan fingerprint density at radius 1 is 1.26 bits per heavy atom. The van der Waals surface area contributed by atoms with Crippen LogP contribution in [0.5, 0.6) is 11.5 Å². The number of rotatable bonds is 5. The lowest BCUT2D eigenvalue weighted by molar-refractivity contribution is -0.117. The first-order chi connectivity index (χ1) is 12.8. The standard InChI is InChI=1S/C19H22N2O5S/c1-13-12-21(14(2)22)18-11-17(7-8-19(18)26-13)27(24,25)20-10-9-15-3-5-16(23)6-4-15/h3-8,11,13,20,23H,9-10,12H2,1-2H3. The van der Waals surface area contributed by atoms with Gasteiger partial charge in [-0.1, -0.05) is 12.1 Å². The smallest absolute Gasteiger partial charge is 0.240 e. The van der Waals surface area contributed by atoms with Gasteiger partial charge >= 0.3 is 0 Å². The zero-order valence-corrected chi connectivity index (χ0v) is 16.0. The van der Waals surface area contributed by atoms with Gasteiger partial charge in [-0.3, -0.25) is 4.79 Å². The Balaban J connectivity index is 1.75. The van der Waals surface area contributed by atoms with E-state index in [1.807, 2.05) is 6.92 Å². The van der Waals surface area contributed by atoms with E-state index in [9.17, 15) is 18.3 Å². The third-order valence-corrected chi connectivity index (χ3v) is 5.78. The summed E-state index contributed by atoms with van der Waals surface area (Å²) in [6.07, 6.45) is 0.331. The Hall–Kier alpha value is -2.58. The molecule has 1 atom stereocenters. The molecule has 27 heavy (non-hydrogen) atoms. The molecule has 8 heteroatoms. The number of carbonyl (C=O) groups excluding carboxylic acids is 1. The molecule has 0 aromatic heterocycles. The van der Waals surface area contributed by atoms with Gasteiger partial charge in [-0.2, -0.15) is 0 Å². The number of aromatic hydroxyl groups is 1. The minimum absolute atomic E-state index is 0.0800. The summed E-state index contributed by atoms with van der Waals surface area (Å²) in [4.78, 5) is 13.5. The van der Waals surface area contributed by atoms with Crippen LogP contribution < -0.4 is 14.4 Å². The number of phenols is 1. The third-order valence-electron chi connectivity index (χ3n) is 4.32. The molecule has 0 radical (unpaired) electrons. The molecule has 0 bridgehead atoms. The summed E-state index contributed by atoms with van der Waals surface area (Å²) in [6, 6.07) is 11.1. The highest BCUT2D eigenvalue weighted by Crippen LogP contribution is 2.35. The fourth-order valence-corrected chi connectivity index (χ4v) is 4.01. The van der Waals surface area contributed by atoms with Crippen molar-refractivity contribution in [2.45, 2.75) is 31.3 Å². The molecule has 1 amide bonds. The number of nitrogens with zero attached hydrogens (tertiary/aromatic N) is 1. The second kappa shape index (κ2) is 7.58. The van der Waals surface area contributed by atoms with E-state index >= 15 is 0 Å². The summed E-state index contributed by atoms with van der Waals surface area (Å²) in [6.45, 7) is 3.89. The van der Waals surface area contributed by atoms with Crippen LogP contribution in [0, 0.1) is 0 Å². The summed E-state index contributed by atoms with van der Waals surface area (Å²) in [5.41, 5.74) is 1.37. The van der Waals surface area contributed by atoms with Gasteiger partial charge in [-0.05, 0) is 49.2 Å². The molecule has 2 aromatic rings. The SMILES string of the molecule is CC(=O)N1CC(C)Oc2ccc(S(=O)(=O)NCCc3ccc(O)cc3)cc21. The minimum atomic E-state index is -3.73. The largest absolute Gasteiger partial charge is 0.508 e. The highest BCUT2D eigenvalue weighted by Gasteiger charge is 2.27. The summed E-state index contributed by atoms with van der Waals surface area (Å²) < 4.78 is 33.5. The lowest BCUT2D eigenvalue weighted by Gasteiger charge is -2.33. The van der Waals surface area contributed by atoms with E-state index in [1.54, 1.807) is 30.3 Å². The van der Waals surface area contributed by atoms with Crippen molar-refractivity contribution < 1.29 is 23.1 Å². The minimum Gasteiger partial charge on any atom is -0.508 e. The van der Waals surface area contributed by atoms with E-state index in [1.165, 1.54) is 24.0 Å². The molecule has 1 unspecified atom stereocenters. The number of sulfonamides is 1. The number of amides is 1. The Labute approximate surface area is 158 Å². The number of carbonyl (C=O) groups is 1. The Morgan fingerprint density at radius 3 is 2.63 bits per heavy atom. The van der Waals surface area contributed by atoms with Crippen LogP contribution >= 0.6 is 0 Å². The Kier molecular flexibility index (Phi) is 5.38. The first kappa shape index (κ1) is 19.2. The number of hydrogen-bond donors (Lipinski definition) is 2. The lowest BCUT2D eigenvalue weighted by atomic mass is 10.1. The third kappa shape index (κ3) is 4.40. The summed E-state index contributed by atoms with van der Waals surface area (Å²) in [5.74, 6) is 0.494. The molecule has 2 N–H and O–H groups in total. The van der Waals surface area contributed by atoms with E-state index in [-0.39, 0.29) is 29.2 Å². The molecule has 2 aromatic carbocycles. The second-order valence-electron chi connectivity index (χ2n) is 6.50. The number of hydrogen-bond acceptors (Lipinski definition) is 5. The van der Waals surface area contributed by atoms with E-state index in [4.69, 9.17) is 4.74 Å². The molecule has 1 aliphatic rings. The normalized spacial score (nSPS) is 16.5. The monoisotopic (exact) mass is 390 g/mol. The van der Waals surface area contributed by atoms with Crippen LogP contribution in [0.1, 0.15) is 19.4 Å². The quantitative estimate of drug-likeness (QED) is 0.815. The molecule has 0 aliphatic carbocycles. The van der Waals surface area contributed by atoms with E-state index in [2.05, 4.69) is 4.72 Å².